The lowest BCUT2D eigenvalue weighted by Gasteiger charge is -2.07. The van der Waals surface area contributed by atoms with Gasteiger partial charge in [0, 0.05) is 24.9 Å². The molecule has 0 aliphatic heterocycles. The molecular weight excluding hydrogens is 254 g/mol. The van der Waals surface area contributed by atoms with Gasteiger partial charge in [-0.1, -0.05) is 25.7 Å². The Morgan fingerprint density at radius 3 is 2.90 bits per heavy atom. The Labute approximate surface area is 119 Å². The molecule has 0 aromatic carbocycles. The van der Waals surface area contributed by atoms with Gasteiger partial charge in [-0.3, -0.25) is 4.79 Å². The largest absolute Gasteiger partial charge is 0.379 e. The lowest BCUT2D eigenvalue weighted by Crippen LogP contribution is -2.28. The number of amides is 1. The van der Waals surface area contributed by atoms with E-state index in [2.05, 4.69) is 36.0 Å². The van der Waals surface area contributed by atoms with Crippen LogP contribution in [-0.2, 0) is 4.74 Å². The van der Waals surface area contributed by atoms with Crippen molar-refractivity contribution < 1.29 is 9.53 Å². The number of hydrogen-bond donors (Lipinski definition) is 2. The molecule has 5 heteroatoms. The molecular formula is C15H21N3O2. The van der Waals surface area contributed by atoms with Gasteiger partial charge in [-0.25, -0.2) is 4.98 Å². The quantitative estimate of drug-likeness (QED) is 0.594. The number of nitrogens with zero attached hydrogens (tertiary/aromatic N) is 1. The van der Waals surface area contributed by atoms with E-state index in [0.29, 0.717) is 37.9 Å². The molecule has 1 amide bonds. The van der Waals surface area contributed by atoms with Crippen molar-refractivity contribution in [3.63, 3.8) is 0 Å². The SMILES string of the molecule is CC(C)COCCNC(=O)c1ccc(C#CCN)cn1. The lowest BCUT2D eigenvalue weighted by atomic mass is 10.2. The Morgan fingerprint density at radius 1 is 1.50 bits per heavy atom. The number of aromatic nitrogens is 1. The van der Waals surface area contributed by atoms with Crippen LogP contribution in [0.1, 0.15) is 29.9 Å². The lowest BCUT2D eigenvalue weighted by molar-refractivity contribution is 0.0882. The average Bonchev–Trinajstić information content (AvgIpc) is 2.44. The van der Waals surface area contributed by atoms with Gasteiger partial charge >= 0.3 is 0 Å². The summed E-state index contributed by atoms with van der Waals surface area (Å²) in [7, 11) is 0. The fourth-order valence-corrected chi connectivity index (χ4v) is 1.40. The molecule has 0 bridgehead atoms. The maximum absolute atomic E-state index is 11.8. The molecule has 0 saturated carbocycles. The van der Waals surface area contributed by atoms with E-state index in [4.69, 9.17) is 10.5 Å². The summed E-state index contributed by atoms with van der Waals surface area (Å²) in [5.74, 6) is 5.87. The predicted octanol–water partition coefficient (Wildman–Crippen LogP) is 0.794. The first kappa shape index (κ1) is 16.2. The van der Waals surface area contributed by atoms with Crippen LogP contribution in [0.2, 0.25) is 0 Å². The van der Waals surface area contributed by atoms with Crippen molar-refractivity contribution in [3.8, 4) is 11.8 Å². The van der Waals surface area contributed by atoms with Crippen LogP contribution in [0.3, 0.4) is 0 Å². The molecule has 0 radical (unpaired) electrons. The predicted molar refractivity (Wildman–Crippen MR) is 78.2 cm³/mol. The first-order chi connectivity index (χ1) is 9.63. The van der Waals surface area contributed by atoms with Gasteiger partial charge in [-0.05, 0) is 18.1 Å². The van der Waals surface area contributed by atoms with Crippen molar-refractivity contribution in [1.29, 1.82) is 0 Å². The number of carbonyl (C=O) groups is 1. The molecule has 0 unspecified atom stereocenters. The van der Waals surface area contributed by atoms with Crippen LogP contribution >= 0.6 is 0 Å². The maximum Gasteiger partial charge on any atom is 0.269 e. The van der Waals surface area contributed by atoms with Crippen LogP contribution < -0.4 is 11.1 Å². The molecule has 1 aromatic rings. The average molecular weight is 275 g/mol. The van der Waals surface area contributed by atoms with Crippen molar-refractivity contribution in [1.82, 2.24) is 10.3 Å². The van der Waals surface area contributed by atoms with Crippen LogP contribution in [0.5, 0.6) is 0 Å². The minimum Gasteiger partial charge on any atom is -0.379 e. The van der Waals surface area contributed by atoms with Crippen LogP contribution in [0.25, 0.3) is 0 Å². The number of carbonyl (C=O) groups excluding carboxylic acids is 1. The Kier molecular flexibility index (Phi) is 7.33. The molecule has 0 atom stereocenters. The molecule has 1 rings (SSSR count). The van der Waals surface area contributed by atoms with Gasteiger partial charge in [0.05, 0.1) is 13.2 Å². The van der Waals surface area contributed by atoms with Crippen molar-refractivity contribution >= 4 is 5.91 Å². The summed E-state index contributed by atoms with van der Waals surface area (Å²) in [5, 5.41) is 2.75. The molecule has 108 valence electrons. The maximum atomic E-state index is 11.8. The number of hydrogen-bond acceptors (Lipinski definition) is 4. The van der Waals surface area contributed by atoms with E-state index in [9.17, 15) is 4.79 Å². The summed E-state index contributed by atoms with van der Waals surface area (Å²) in [4.78, 5) is 15.8. The normalized spacial score (nSPS) is 10.0. The Hall–Kier alpha value is -1.90. The topological polar surface area (TPSA) is 77.2 Å². The van der Waals surface area contributed by atoms with Crippen LogP contribution in [0, 0.1) is 17.8 Å². The summed E-state index contributed by atoms with van der Waals surface area (Å²) < 4.78 is 5.38. The molecule has 0 saturated heterocycles. The minimum absolute atomic E-state index is 0.212. The molecule has 0 aliphatic carbocycles. The van der Waals surface area contributed by atoms with Gasteiger partial charge in [0.25, 0.3) is 5.91 Å². The minimum atomic E-state index is -0.212. The van der Waals surface area contributed by atoms with Crippen LogP contribution in [0.15, 0.2) is 18.3 Å². The van der Waals surface area contributed by atoms with Gasteiger partial charge in [0.2, 0.25) is 0 Å². The Morgan fingerprint density at radius 2 is 2.30 bits per heavy atom. The first-order valence-electron chi connectivity index (χ1n) is 6.64. The fraction of sp³-hybridized carbons (Fsp3) is 0.467. The summed E-state index contributed by atoms with van der Waals surface area (Å²) in [6.45, 7) is 6.14. The van der Waals surface area contributed by atoms with E-state index in [-0.39, 0.29) is 5.91 Å². The standard InChI is InChI=1S/C15H21N3O2/c1-12(2)11-20-9-8-17-15(19)14-6-5-13(10-18-14)4-3-7-16/h5-6,10,12H,7-9,11,16H2,1-2H3,(H,17,19). The van der Waals surface area contributed by atoms with E-state index < -0.39 is 0 Å². The first-order valence-corrected chi connectivity index (χ1v) is 6.64. The second-order valence-corrected chi connectivity index (χ2v) is 4.66. The highest BCUT2D eigenvalue weighted by Gasteiger charge is 2.05. The number of nitrogens with one attached hydrogen (secondary N) is 1. The second-order valence-electron chi connectivity index (χ2n) is 4.66. The summed E-state index contributed by atoms with van der Waals surface area (Å²) in [6, 6.07) is 3.39. The van der Waals surface area contributed by atoms with E-state index in [1.54, 1.807) is 18.3 Å². The number of nitrogens with two attached hydrogens (primary N) is 1. The molecule has 0 spiro atoms. The van der Waals surface area contributed by atoms with Gasteiger partial charge in [0.1, 0.15) is 5.69 Å². The van der Waals surface area contributed by atoms with Gasteiger partial charge in [-0.2, -0.15) is 0 Å². The van der Waals surface area contributed by atoms with E-state index in [1.807, 2.05) is 0 Å². The van der Waals surface area contributed by atoms with E-state index in [1.165, 1.54) is 0 Å². The Bertz CT molecular complexity index is 472. The molecule has 3 N–H and O–H groups in total. The van der Waals surface area contributed by atoms with Crippen molar-refractivity contribution in [2.75, 3.05) is 26.3 Å². The third-order valence-corrected chi connectivity index (χ3v) is 2.31. The van der Waals surface area contributed by atoms with Crippen LogP contribution in [0.4, 0.5) is 0 Å². The molecule has 5 nitrogen and oxygen atoms in total. The zero-order valence-electron chi connectivity index (χ0n) is 12.0. The van der Waals surface area contributed by atoms with E-state index in [0.717, 1.165) is 5.56 Å². The summed E-state index contributed by atoms with van der Waals surface area (Å²) in [6.07, 6.45) is 1.56. The molecule has 1 heterocycles. The zero-order valence-corrected chi connectivity index (χ0v) is 12.0. The summed E-state index contributed by atoms with van der Waals surface area (Å²) in [5.41, 5.74) is 6.39. The highest BCUT2D eigenvalue weighted by Crippen LogP contribution is 1.99. The molecule has 0 aliphatic rings. The molecule has 1 aromatic heterocycles. The monoisotopic (exact) mass is 275 g/mol. The van der Waals surface area contributed by atoms with Gasteiger partial charge in [-0.15, -0.1) is 0 Å². The fourth-order valence-electron chi connectivity index (χ4n) is 1.40. The van der Waals surface area contributed by atoms with Crippen molar-refractivity contribution in [2.45, 2.75) is 13.8 Å². The zero-order chi connectivity index (χ0) is 14.8. The highest BCUT2D eigenvalue weighted by atomic mass is 16.5. The second kappa shape index (κ2) is 9.08. The Balaban J connectivity index is 2.36. The van der Waals surface area contributed by atoms with Gasteiger partial charge < -0.3 is 15.8 Å². The third kappa shape index (κ3) is 6.32. The number of pyridine rings is 1. The van der Waals surface area contributed by atoms with Crippen molar-refractivity contribution in [3.05, 3.63) is 29.6 Å². The van der Waals surface area contributed by atoms with Crippen molar-refractivity contribution in [2.24, 2.45) is 11.7 Å². The summed E-state index contributed by atoms with van der Waals surface area (Å²) >= 11 is 0. The number of rotatable bonds is 6. The van der Waals surface area contributed by atoms with Gasteiger partial charge in [0.15, 0.2) is 0 Å². The smallest absolute Gasteiger partial charge is 0.269 e. The van der Waals surface area contributed by atoms with E-state index >= 15 is 0 Å². The number of ether oxygens (including phenoxy) is 1. The highest BCUT2D eigenvalue weighted by molar-refractivity contribution is 5.92. The third-order valence-electron chi connectivity index (χ3n) is 2.31. The van der Waals surface area contributed by atoms with Crippen LogP contribution in [-0.4, -0.2) is 37.2 Å². The molecule has 0 fully saturated rings. The molecule has 20 heavy (non-hydrogen) atoms.